The summed E-state index contributed by atoms with van der Waals surface area (Å²) in [4.78, 5) is 38.7. The molecule has 0 aromatic heterocycles. The molecule has 0 aromatic carbocycles. The van der Waals surface area contributed by atoms with E-state index in [9.17, 15) is 14.4 Å². The van der Waals surface area contributed by atoms with Gasteiger partial charge in [-0.3, -0.25) is 14.4 Å². The Balaban J connectivity index is 2.15. The van der Waals surface area contributed by atoms with Gasteiger partial charge in [0.15, 0.2) is 0 Å². The van der Waals surface area contributed by atoms with E-state index in [-0.39, 0.29) is 29.1 Å². The Morgan fingerprint density at radius 1 is 1.57 bits per heavy atom. The van der Waals surface area contributed by atoms with E-state index < -0.39 is 12.0 Å². The Hall–Kier alpha value is -1.24. The van der Waals surface area contributed by atoms with E-state index in [2.05, 4.69) is 0 Å². The fourth-order valence-corrected chi connectivity index (χ4v) is 4.67. The molecule has 0 aromatic rings. The van der Waals surface area contributed by atoms with Gasteiger partial charge in [-0.15, -0.1) is 11.8 Å². The van der Waals surface area contributed by atoms with Gasteiger partial charge in [0.25, 0.3) is 0 Å². The lowest BCUT2D eigenvalue weighted by atomic mass is 10.1. The highest BCUT2D eigenvalue weighted by molar-refractivity contribution is 8.01. The molecule has 0 saturated carbocycles. The number of carboxylic acid groups (broad SMARTS) is 1. The predicted molar refractivity (Wildman–Crippen MR) is 79.8 cm³/mol. The zero-order valence-electron chi connectivity index (χ0n) is 12.7. The maximum absolute atomic E-state index is 12.8. The van der Waals surface area contributed by atoms with Crippen LogP contribution in [0.1, 0.15) is 40.0 Å². The number of carbonyl (C=O) groups excluding carboxylic acids is 2. The summed E-state index contributed by atoms with van der Waals surface area (Å²) in [5, 5.41) is 8.90. The molecule has 2 aliphatic heterocycles. The normalized spacial score (nSPS) is 29.4. The molecule has 21 heavy (non-hydrogen) atoms. The van der Waals surface area contributed by atoms with E-state index in [0.29, 0.717) is 18.7 Å². The third kappa shape index (κ3) is 2.88. The summed E-state index contributed by atoms with van der Waals surface area (Å²) in [5.74, 6) is -0.422. The second kappa shape index (κ2) is 5.87. The van der Waals surface area contributed by atoms with Gasteiger partial charge in [0.2, 0.25) is 11.8 Å². The second-order valence-corrected chi connectivity index (χ2v) is 7.34. The monoisotopic (exact) mass is 314 g/mol. The summed E-state index contributed by atoms with van der Waals surface area (Å²) in [6, 6.07) is -0.819. The number of carboxylic acids is 1. The van der Waals surface area contributed by atoms with Crippen molar-refractivity contribution in [1.29, 1.82) is 0 Å². The predicted octanol–water partition coefficient (Wildman–Crippen LogP) is 1.15. The largest absolute Gasteiger partial charge is 0.481 e. The second-order valence-electron chi connectivity index (χ2n) is 5.84. The molecular formula is C14H22N2O4S. The van der Waals surface area contributed by atoms with Crippen molar-refractivity contribution in [1.82, 2.24) is 9.80 Å². The van der Waals surface area contributed by atoms with Gasteiger partial charge < -0.3 is 14.9 Å². The Labute approximate surface area is 128 Å². The highest BCUT2D eigenvalue weighted by atomic mass is 32.2. The Kier molecular flexibility index (Phi) is 4.51. The minimum atomic E-state index is -0.920. The van der Waals surface area contributed by atoms with Crippen molar-refractivity contribution in [2.24, 2.45) is 0 Å². The standard InChI is InChI=1S/C14H22N2O4S/c1-4-15(9(2)7-12(18)19)13(20)10-8-21-14(3)6-5-11(17)16(10)14/h9-10H,4-8H2,1-3H3,(H,18,19). The average molecular weight is 314 g/mol. The highest BCUT2D eigenvalue weighted by Crippen LogP contribution is 2.47. The summed E-state index contributed by atoms with van der Waals surface area (Å²) in [6.45, 7) is 6.03. The van der Waals surface area contributed by atoms with Crippen molar-refractivity contribution in [2.45, 2.75) is 57.0 Å². The first-order chi connectivity index (χ1) is 9.80. The van der Waals surface area contributed by atoms with Crippen molar-refractivity contribution in [3.63, 3.8) is 0 Å². The number of hydrogen-bond donors (Lipinski definition) is 1. The topological polar surface area (TPSA) is 77.9 Å². The lowest BCUT2D eigenvalue weighted by Gasteiger charge is -2.35. The zero-order chi connectivity index (χ0) is 15.8. The van der Waals surface area contributed by atoms with Crippen molar-refractivity contribution >= 4 is 29.5 Å². The molecule has 0 bridgehead atoms. The smallest absolute Gasteiger partial charge is 0.305 e. The Morgan fingerprint density at radius 3 is 2.81 bits per heavy atom. The number of nitrogens with zero attached hydrogens (tertiary/aromatic N) is 2. The number of aliphatic carboxylic acids is 1. The van der Waals surface area contributed by atoms with Crippen molar-refractivity contribution in [3.05, 3.63) is 0 Å². The van der Waals surface area contributed by atoms with Gasteiger partial charge >= 0.3 is 5.97 Å². The molecule has 0 aliphatic carbocycles. The number of likely N-dealkylation sites (N-methyl/N-ethyl adjacent to an activating group) is 1. The van der Waals surface area contributed by atoms with Gasteiger partial charge in [-0.05, 0) is 27.2 Å². The summed E-state index contributed by atoms with van der Waals surface area (Å²) >= 11 is 1.65. The Bertz CT molecular complexity index is 470. The molecule has 2 rings (SSSR count). The van der Waals surface area contributed by atoms with Crippen LogP contribution < -0.4 is 0 Å². The van der Waals surface area contributed by atoms with Gasteiger partial charge in [0, 0.05) is 24.8 Å². The molecule has 2 saturated heterocycles. The SMILES string of the molecule is CCN(C(=O)C1CSC2(C)CCC(=O)N12)C(C)CC(=O)O. The van der Waals surface area contributed by atoms with Crippen LogP contribution in [0.15, 0.2) is 0 Å². The van der Waals surface area contributed by atoms with Gasteiger partial charge in [-0.1, -0.05) is 0 Å². The van der Waals surface area contributed by atoms with E-state index in [1.807, 2.05) is 13.8 Å². The highest BCUT2D eigenvalue weighted by Gasteiger charge is 2.53. The quantitative estimate of drug-likeness (QED) is 0.823. The molecule has 2 fully saturated rings. The van der Waals surface area contributed by atoms with Crippen LogP contribution in [0.25, 0.3) is 0 Å². The fraction of sp³-hybridized carbons (Fsp3) is 0.786. The van der Waals surface area contributed by atoms with Crippen molar-refractivity contribution < 1.29 is 19.5 Å². The number of hydrogen-bond acceptors (Lipinski definition) is 4. The lowest BCUT2D eigenvalue weighted by molar-refractivity contribution is -0.147. The van der Waals surface area contributed by atoms with Gasteiger partial charge in [-0.25, -0.2) is 0 Å². The van der Waals surface area contributed by atoms with E-state index in [1.54, 1.807) is 28.5 Å². The number of rotatable bonds is 5. The molecule has 1 N–H and O–H groups in total. The molecule has 2 heterocycles. The van der Waals surface area contributed by atoms with Crippen LogP contribution in [0.3, 0.4) is 0 Å². The summed E-state index contributed by atoms with van der Waals surface area (Å²) in [5.41, 5.74) is 0. The average Bonchev–Trinajstić information content (AvgIpc) is 2.87. The van der Waals surface area contributed by atoms with Crippen LogP contribution in [0, 0.1) is 0 Å². The maximum atomic E-state index is 12.8. The molecule has 2 amide bonds. The number of carbonyl (C=O) groups is 3. The zero-order valence-corrected chi connectivity index (χ0v) is 13.5. The van der Waals surface area contributed by atoms with Crippen LogP contribution >= 0.6 is 11.8 Å². The van der Waals surface area contributed by atoms with Crippen LogP contribution in [0.5, 0.6) is 0 Å². The van der Waals surface area contributed by atoms with Gasteiger partial charge in [0.1, 0.15) is 6.04 Å². The first kappa shape index (κ1) is 16.1. The first-order valence-corrected chi connectivity index (χ1v) is 8.27. The van der Waals surface area contributed by atoms with E-state index in [4.69, 9.17) is 5.11 Å². The summed E-state index contributed by atoms with van der Waals surface area (Å²) in [7, 11) is 0. The van der Waals surface area contributed by atoms with Crippen LogP contribution in [0.4, 0.5) is 0 Å². The molecule has 6 nitrogen and oxygen atoms in total. The molecule has 0 radical (unpaired) electrons. The van der Waals surface area contributed by atoms with E-state index in [1.165, 1.54) is 0 Å². The molecule has 118 valence electrons. The van der Waals surface area contributed by atoms with Crippen LogP contribution in [-0.2, 0) is 14.4 Å². The third-order valence-electron chi connectivity index (χ3n) is 4.36. The van der Waals surface area contributed by atoms with Crippen molar-refractivity contribution in [3.8, 4) is 0 Å². The molecule has 7 heteroatoms. The van der Waals surface area contributed by atoms with E-state index >= 15 is 0 Å². The minimum Gasteiger partial charge on any atom is -0.481 e. The number of thioether (sulfide) groups is 1. The summed E-state index contributed by atoms with van der Waals surface area (Å²) < 4.78 is 0. The number of amides is 2. The summed E-state index contributed by atoms with van der Waals surface area (Å²) in [6.07, 6.45) is 1.19. The van der Waals surface area contributed by atoms with E-state index in [0.717, 1.165) is 6.42 Å². The van der Waals surface area contributed by atoms with Crippen LogP contribution in [-0.4, -0.2) is 61.9 Å². The molecule has 3 atom stereocenters. The van der Waals surface area contributed by atoms with Gasteiger partial charge in [-0.2, -0.15) is 0 Å². The van der Waals surface area contributed by atoms with Gasteiger partial charge in [0.05, 0.1) is 11.3 Å². The third-order valence-corrected chi connectivity index (χ3v) is 5.86. The molecular weight excluding hydrogens is 292 g/mol. The number of fused-ring (bicyclic) bond motifs is 1. The minimum absolute atomic E-state index is 0.0304. The maximum Gasteiger partial charge on any atom is 0.305 e. The molecule has 0 spiro atoms. The van der Waals surface area contributed by atoms with Crippen molar-refractivity contribution in [2.75, 3.05) is 12.3 Å². The fourth-order valence-electron chi connectivity index (χ4n) is 3.24. The lowest BCUT2D eigenvalue weighted by Crippen LogP contribution is -2.53. The molecule has 3 unspecified atom stereocenters. The molecule has 2 aliphatic rings. The Morgan fingerprint density at radius 2 is 2.24 bits per heavy atom. The van der Waals surface area contributed by atoms with Crippen LogP contribution in [0.2, 0.25) is 0 Å². The first-order valence-electron chi connectivity index (χ1n) is 7.28.